The van der Waals surface area contributed by atoms with Gasteiger partial charge in [-0.05, 0) is 49.7 Å². The predicted octanol–water partition coefficient (Wildman–Crippen LogP) is 5.36. The molecule has 0 saturated carbocycles. The molecule has 120 valence electrons. The molecule has 0 amide bonds. The van der Waals surface area contributed by atoms with Crippen molar-refractivity contribution in [1.82, 2.24) is 0 Å². The Morgan fingerprint density at radius 2 is 1.09 bits per heavy atom. The number of rotatable bonds is 6. The van der Waals surface area contributed by atoms with Crippen LogP contribution in [0.3, 0.4) is 0 Å². The third-order valence-electron chi connectivity index (χ3n) is 4.55. The molecular weight excluding hydrogens is 280 g/mol. The van der Waals surface area contributed by atoms with Crippen molar-refractivity contribution >= 4 is 0 Å². The van der Waals surface area contributed by atoms with Gasteiger partial charge in [0.1, 0.15) is 0 Å². The monoisotopic (exact) mass is 306 g/mol. The molecule has 2 aromatic rings. The lowest BCUT2D eigenvalue weighted by atomic mass is 10.0. The first-order chi connectivity index (χ1) is 11.4. The fourth-order valence-corrected chi connectivity index (χ4v) is 3.20. The number of hydrogen-bond donors (Lipinski definition) is 0. The van der Waals surface area contributed by atoms with Gasteiger partial charge in [-0.1, -0.05) is 72.8 Å². The van der Waals surface area contributed by atoms with Crippen molar-refractivity contribution in [1.29, 1.82) is 0 Å². The molecule has 2 aromatic carbocycles. The van der Waals surface area contributed by atoms with E-state index in [2.05, 4.69) is 72.8 Å². The van der Waals surface area contributed by atoms with Gasteiger partial charge in [0.15, 0.2) is 0 Å². The van der Waals surface area contributed by atoms with Crippen LogP contribution >= 0.6 is 0 Å². The minimum Gasteiger partial charge on any atom is -0.374 e. The van der Waals surface area contributed by atoms with Crippen LogP contribution in [0.5, 0.6) is 0 Å². The Morgan fingerprint density at radius 3 is 1.52 bits per heavy atom. The van der Waals surface area contributed by atoms with Crippen LogP contribution < -0.4 is 0 Å². The number of benzene rings is 2. The highest BCUT2D eigenvalue weighted by Gasteiger charge is 2.17. The Morgan fingerprint density at radius 1 is 0.652 bits per heavy atom. The van der Waals surface area contributed by atoms with Gasteiger partial charge in [-0.15, -0.1) is 0 Å². The molecule has 0 spiro atoms. The van der Waals surface area contributed by atoms with Gasteiger partial charge in [0.2, 0.25) is 0 Å². The maximum atomic E-state index is 6.39. The molecule has 1 aliphatic heterocycles. The van der Waals surface area contributed by atoms with E-state index in [1.165, 1.54) is 11.1 Å². The van der Waals surface area contributed by atoms with Crippen molar-refractivity contribution in [3.05, 3.63) is 83.9 Å². The summed E-state index contributed by atoms with van der Waals surface area (Å²) >= 11 is 0. The van der Waals surface area contributed by atoms with Crippen molar-refractivity contribution in [2.75, 3.05) is 0 Å². The van der Waals surface area contributed by atoms with Crippen LogP contribution in [0.1, 0.15) is 36.8 Å². The third-order valence-corrected chi connectivity index (χ3v) is 4.55. The molecule has 1 nitrogen and oxygen atoms in total. The second-order valence-corrected chi connectivity index (χ2v) is 6.37. The van der Waals surface area contributed by atoms with Gasteiger partial charge >= 0.3 is 0 Å². The molecule has 0 bridgehead atoms. The smallest absolute Gasteiger partial charge is 0.0616 e. The van der Waals surface area contributed by atoms with Gasteiger partial charge < -0.3 is 4.74 Å². The zero-order chi connectivity index (χ0) is 15.7. The Bertz CT molecular complexity index is 534. The molecule has 23 heavy (non-hydrogen) atoms. The quantitative estimate of drug-likeness (QED) is 0.653. The molecule has 1 heterocycles. The molecule has 1 aliphatic rings. The fourth-order valence-electron chi connectivity index (χ4n) is 3.20. The summed E-state index contributed by atoms with van der Waals surface area (Å²) in [5, 5.41) is 0. The fraction of sp³-hybridized carbons (Fsp3) is 0.364. The Hall–Kier alpha value is -1.86. The lowest BCUT2D eigenvalue weighted by molar-refractivity contribution is -0.0127. The van der Waals surface area contributed by atoms with Gasteiger partial charge in [-0.3, -0.25) is 0 Å². The van der Waals surface area contributed by atoms with E-state index in [-0.39, 0.29) is 0 Å². The molecular formula is C22H26O. The molecule has 0 unspecified atom stereocenters. The molecule has 1 heteroatoms. The SMILES string of the molecule is C1=CC[C@@H](CCc2ccccc2)O[C@@H](CCc2ccccc2)C1. The van der Waals surface area contributed by atoms with Crippen LogP contribution in [0, 0.1) is 0 Å². The molecule has 0 radical (unpaired) electrons. The van der Waals surface area contributed by atoms with E-state index in [9.17, 15) is 0 Å². The van der Waals surface area contributed by atoms with Crippen molar-refractivity contribution in [2.24, 2.45) is 0 Å². The van der Waals surface area contributed by atoms with Gasteiger partial charge in [0.25, 0.3) is 0 Å². The summed E-state index contributed by atoms with van der Waals surface area (Å²) < 4.78 is 6.39. The molecule has 2 atom stereocenters. The highest BCUT2D eigenvalue weighted by Crippen LogP contribution is 2.21. The average Bonchev–Trinajstić information content (AvgIpc) is 2.85. The molecule has 0 saturated heterocycles. The van der Waals surface area contributed by atoms with Gasteiger partial charge in [0.05, 0.1) is 12.2 Å². The normalized spacial score (nSPS) is 21.0. The summed E-state index contributed by atoms with van der Waals surface area (Å²) in [7, 11) is 0. The van der Waals surface area contributed by atoms with E-state index in [4.69, 9.17) is 4.74 Å². The highest BCUT2D eigenvalue weighted by molar-refractivity contribution is 5.15. The van der Waals surface area contributed by atoms with Crippen LogP contribution in [-0.4, -0.2) is 12.2 Å². The first-order valence-electron chi connectivity index (χ1n) is 8.78. The summed E-state index contributed by atoms with van der Waals surface area (Å²) in [6.07, 6.45) is 11.8. The van der Waals surface area contributed by atoms with E-state index in [0.29, 0.717) is 12.2 Å². The highest BCUT2D eigenvalue weighted by atomic mass is 16.5. The average molecular weight is 306 g/mol. The van der Waals surface area contributed by atoms with Crippen LogP contribution in [0.4, 0.5) is 0 Å². The van der Waals surface area contributed by atoms with Crippen molar-refractivity contribution in [2.45, 2.75) is 50.7 Å². The van der Waals surface area contributed by atoms with Crippen LogP contribution in [0.15, 0.2) is 72.8 Å². The topological polar surface area (TPSA) is 9.23 Å². The Balaban J connectivity index is 1.49. The van der Waals surface area contributed by atoms with Crippen molar-refractivity contribution in [3.63, 3.8) is 0 Å². The summed E-state index contributed by atoms with van der Waals surface area (Å²) in [6.45, 7) is 0. The Kier molecular flexibility index (Phi) is 6.05. The lowest BCUT2D eigenvalue weighted by Gasteiger charge is -2.22. The van der Waals surface area contributed by atoms with E-state index in [1.807, 2.05) is 0 Å². The molecule has 0 aromatic heterocycles. The van der Waals surface area contributed by atoms with E-state index in [0.717, 1.165) is 38.5 Å². The summed E-state index contributed by atoms with van der Waals surface area (Å²) in [6, 6.07) is 21.5. The maximum absolute atomic E-state index is 6.39. The molecule has 0 N–H and O–H groups in total. The molecule has 0 aliphatic carbocycles. The first-order valence-corrected chi connectivity index (χ1v) is 8.78. The zero-order valence-electron chi connectivity index (χ0n) is 13.7. The number of aryl methyl sites for hydroxylation is 2. The third kappa shape index (κ3) is 5.37. The van der Waals surface area contributed by atoms with Gasteiger partial charge in [-0.2, -0.15) is 0 Å². The summed E-state index contributed by atoms with van der Waals surface area (Å²) in [4.78, 5) is 0. The Labute approximate surface area is 140 Å². The van der Waals surface area contributed by atoms with Crippen LogP contribution in [-0.2, 0) is 17.6 Å². The second-order valence-electron chi connectivity index (χ2n) is 6.37. The molecule has 3 rings (SSSR count). The minimum absolute atomic E-state index is 0.356. The van der Waals surface area contributed by atoms with E-state index < -0.39 is 0 Å². The second kappa shape index (κ2) is 8.69. The van der Waals surface area contributed by atoms with Crippen molar-refractivity contribution in [3.8, 4) is 0 Å². The van der Waals surface area contributed by atoms with Gasteiger partial charge in [-0.25, -0.2) is 0 Å². The minimum atomic E-state index is 0.356. The van der Waals surface area contributed by atoms with Crippen molar-refractivity contribution < 1.29 is 4.74 Å². The van der Waals surface area contributed by atoms with Gasteiger partial charge in [0, 0.05) is 0 Å². The number of hydrogen-bond acceptors (Lipinski definition) is 1. The summed E-state index contributed by atoms with van der Waals surface area (Å²) in [5.41, 5.74) is 2.82. The van der Waals surface area contributed by atoms with Crippen LogP contribution in [0.2, 0.25) is 0 Å². The largest absolute Gasteiger partial charge is 0.374 e. The first kappa shape index (κ1) is 16.0. The maximum Gasteiger partial charge on any atom is 0.0616 e. The summed E-state index contributed by atoms with van der Waals surface area (Å²) in [5.74, 6) is 0. The van der Waals surface area contributed by atoms with E-state index in [1.54, 1.807) is 0 Å². The van der Waals surface area contributed by atoms with E-state index >= 15 is 0 Å². The predicted molar refractivity (Wildman–Crippen MR) is 96.6 cm³/mol. The zero-order valence-corrected chi connectivity index (χ0v) is 13.7. The number of ether oxygens (including phenoxy) is 1. The van der Waals surface area contributed by atoms with Crippen LogP contribution in [0.25, 0.3) is 0 Å². The standard InChI is InChI=1S/C22H26O/c1-3-9-19(10-4-1)15-17-21-13-7-8-14-22(23-21)18-16-20-11-5-2-6-12-20/h1-12,21-22H,13-18H2/t21-,22+. The molecule has 0 fully saturated rings. The lowest BCUT2D eigenvalue weighted by Crippen LogP contribution is -2.21.